The number of aromatic amines is 1. The molecule has 0 amide bonds. The highest BCUT2D eigenvalue weighted by Gasteiger charge is 2.43. The molecule has 0 aromatic carbocycles. The molecule has 0 aliphatic carbocycles. The monoisotopic (exact) mass is 368 g/mol. The minimum Gasteiger partial charge on any atom is -0.466 e. The molecule has 9 nitrogen and oxygen atoms in total. The minimum absolute atomic E-state index is 0.125. The number of ether oxygens (including phenoxy) is 3. The first-order valence-electron chi connectivity index (χ1n) is 8.65. The van der Waals surface area contributed by atoms with Gasteiger partial charge in [0.15, 0.2) is 0 Å². The molecule has 1 unspecified atom stereocenters. The van der Waals surface area contributed by atoms with Gasteiger partial charge in [0, 0.05) is 25.6 Å². The van der Waals surface area contributed by atoms with E-state index in [4.69, 9.17) is 14.2 Å². The van der Waals surface area contributed by atoms with Gasteiger partial charge >= 0.3 is 17.6 Å². The molecule has 1 aliphatic rings. The molecule has 1 saturated heterocycles. The van der Waals surface area contributed by atoms with Gasteiger partial charge in [-0.15, -0.1) is 0 Å². The zero-order valence-electron chi connectivity index (χ0n) is 15.1. The molecule has 1 aromatic heterocycles. The molecule has 0 radical (unpaired) electrons. The molecule has 1 N–H and O–H groups in total. The number of rotatable bonds is 7. The molecule has 144 valence electrons. The highest BCUT2D eigenvalue weighted by Crippen LogP contribution is 2.36. The van der Waals surface area contributed by atoms with Crippen LogP contribution in [0.5, 0.6) is 0 Å². The van der Waals surface area contributed by atoms with Crippen LogP contribution in [0.3, 0.4) is 0 Å². The molecular weight excluding hydrogens is 344 g/mol. The van der Waals surface area contributed by atoms with E-state index in [0.717, 1.165) is 0 Å². The SMILES string of the molecule is CCOC(=O)CC(CC)[C@H]1O[C@@H](n2ccc(=O)[nH]c2=O)C[C@@H]1OC(C)=O. The first-order chi connectivity index (χ1) is 12.3. The van der Waals surface area contributed by atoms with Crippen molar-refractivity contribution < 1.29 is 23.8 Å². The summed E-state index contributed by atoms with van der Waals surface area (Å²) in [5.41, 5.74) is -1.12. The predicted octanol–water partition coefficient (Wildman–Crippen LogP) is 0.735. The van der Waals surface area contributed by atoms with Crippen molar-refractivity contribution in [2.45, 2.75) is 58.5 Å². The summed E-state index contributed by atoms with van der Waals surface area (Å²) in [6, 6.07) is 1.22. The van der Waals surface area contributed by atoms with E-state index in [9.17, 15) is 19.2 Å². The molecule has 1 aliphatic heterocycles. The maximum Gasteiger partial charge on any atom is 0.330 e. The summed E-state index contributed by atoms with van der Waals surface area (Å²) in [5, 5.41) is 0. The third kappa shape index (κ3) is 4.81. The van der Waals surface area contributed by atoms with Gasteiger partial charge in [-0.05, 0) is 12.8 Å². The van der Waals surface area contributed by atoms with Crippen molar-refractivity contribution in [2.75, 3.05) is 6.61 Å². The molecule has 0 bridgehead atoms. The second-order valence-corrected chi connectivity index (χ2v) is 6.13. The fourth-order valence-corrected chi connectivity index (χ4v) is 3.16. The van der Waals surface area contributed by atoms with Crippen molar-refractivity contribution in [3.05, 3.63) is 33.1 Å². The van der Waals surface area contributed by atoms with Crippen molar-refractivity contribution in [1.82, 2.24) is 9.55 Å². The van der Waals surface area contributed by atoms with Crippen LogP contribution in [0.15, 0.2) is 21.9 Å². The number of hydrogen-bond acceptors (Lipinski definition) is 7. The number of nitrogens with one attached hydrogen (secondary N) is 1. The van der Waals surface area contributed by atoms with Gasteiger partial charge in [0.25, 0.3) is 5.56 Å². The highest BCUT2D eigenvalue weighted by atomic mass is 16.6. The fourth-order valence-electron chi connectivity index (χ4n) is 3.16. The summed E-state index contributed by atoms with van der Waals surface area (Å²) in [4.78, 5) is 48.7. The Bertz CT molecular complexity index is 754. The van der Waals surface area contributed by atoms with Gasteiger partial charge in [0.1, 0.15) is 18.4 Å². The van der Waals surface area contributed by atoms with Gasteiger partial charge in [-0.1, -0.05) is 13.3 Å². The van der Waals surface area contributed by atoms with Crippen LogP contribution in [0.4, 0.5) is 0 Å². The Balaban J connectivity index is 2.24. The van der Waals surface area contributed by atoms with Crippen LogP contribution in [0.25, 0.3) is 0 Å². The molecular formula is C17H24N2O7. The van der Waals surface area contributed by atoms with Crippen LogP contribution in [-0.4, -0.2) is 40.3 Å². The molecule has 26 heavy (non-hydrogen) atoms. The van der Waals surface area contributed by atoms with E-state index in [-0.39, 0.29) is 31.3 Å². The van der Waals surface area contributed by atoms with Gasteiger partial charge in [0.05, 0.1) is 13.0 Å². The zero-order valence-corrected chi connectivity index (χ0v) is 15.1. The summed E-state index contributed by atoms with van der Waals surface area (Å²) in [5.74, 6) is -1.06. The quantitative estimate of drug-likeness (QED) is 0.705. The van der Waals surface area contributed by atoms with E-state index in [1.807, 2.05) is 6.92 Å². The predicted molar refractivity (Wildman–Crippen MR) is 90.4 cm³/mol. The number of hydrogen-bond donors (Lipinski definition) is 1. The number of carbonyl (C=O) groups excluding carboxylic acids is 2. The van der Waals surface area contributed by atoms with Gasteiger partial charge in [-0.25, -0.2) is 4.79 Å². The largest absolute Gasteiger partial charge is 0.466 e. The molecule has 0 spiro atoms. The van der Waals surface area contributed by atoms with Crippen LogP contribution >= 0.6 is 0 Å². The van der Waals surface area contributed by atoms with Crippen LogP contribution in [0, 0.1) is 5.92 Å². The minimum atomic E-state index is -0.704. The summed E-state index contributed by atoms with van der Waals surface area (Å²) in [6.07, 6.45) is 0.452. The molecule has 1 fully saturated rings. The summed E-state index contributed by atoms with van der Waals surface area (Å²) in [6.45, 7) is 5.20. The Morgan fingerprint density at radius 1 is 1.38 bits per heavy atom. The molecule has 9 heteroatoms. The Hall–Kier alpha value is -2.42. The number of aromatic nitrogens is 2. The zero-order chi connectivity index (χ0) is 19.3. The molecule has 4 atom stereocenters. The van der Waals surface area contributed by atoms with Crippen LogP contribution in [0.2, 0.25) is 0 Å². The van der Waals surface area contributed by atoms with E-state index < -0.39 is 35.7 Å². The first kappa shape index (κ1) is 19.9. The van der Waals surface area contributed by atoms with Crippen LogP contribution in [0.1, 0.15) is 46.3 Å². The van der Waals surface area contributed by atoms with Gasteiger partial charge < -0.3 is 14.2 Å². The van der Waals surface area contributed by atoms with E-state index in [2.05, 4.69) is 4.98 Å². The molecule has 2 rings (SSSR count). The second-order valence-electron chi connectivity index (χ2n) is 6.13. The fraction of sp³-hybridized carbons (Fsp3) is 0.647. The van der Waals surface area contributed by atoms with E-state index in [1.165, 1.54) is 23.8 Å². The third-order valence-corrected chi connectivity index (χ3v) is 4.32. The number of esters is 2. The van der Waals surface area contributed by atoms with E-state index in [1.54, 1.807) is 6.92 Å². The topological polar surface area (TPSA) is 117 Å². The Morgan fingerprint density at radius 3 is 2.69 bits per heavy atom. The van der Waals surface area contributed by atoms with Crippen molar-refractivity contribution in [2.24, 2.45) is 5.92 Å². The average Bonchev–Trinajstić information content (AvgIpc) is 2.95. The Labute approximate surface area is 150 Å². The lowest BCUT2D eigenvalue weighted by atomic mass is 9.92. The summed E-state index contributed by atoms with van der Waals surface area (Å²) in [7, 11) is 0. The average molecular weight is 368 g/mol. The molecule has 2 heterocycles. The number of carbonyl (C=O) groups is 2. The van der Waals surface area contributed by atoms with E-state index in [0.29, 0.717) is 6.42 Å². The maximum absolute atomic E-state index is 12.0. The highest BCUT2D eigenvalue weighted by molar-refractivity contribution is 5.69. The first-order valence-corrected chi connectivity index (χ1v) is 8.65. The van der Waals surface area contributed by atoms with E-state index >= 15 is 0 Å². The number of nitrogens with zero attached hydrogens (tertiary/aromatic N) is 1. The van der Waals surface area contributed by atoms with Gasteiger partial charge in [-0.3, -0.25) is 23.9 Å². The van der Waals surface area contributed by atoms with Gasteiger partial charge in [0.2, 0.25) is 0 Å². The Kier molecular flexibility index (Phi) is 6.73. The van der Waals surface area contributed by atoms with Gasteiger partial charge in [-0.2, -0.15) is 0 Å². The third-order valence-electron chi connectivity index (χ3n) is 4.32. The normalized spacial score (nSPS) is 23.4. The smallest absolute Gasteiger partial charge is 0.330 e. The van der Waals surface area contributed by atoms with Crippen molar-refractivity contribution >= 4 is 11.9 Å². The van der Waals surface area contributed by atoms with Crippen LogP contribution < -0.4 is 11.2 Å². The maximum atomic E-state index is 12.0. The van der Waals surface area contributed by atoms with Crippen molar-refractivity contribution in [3.63, 3.8) is 0 Å². The summed E-state index contributed by atoms with van der Waals surface area (Å²) >= 11 is 0. The second kappa shape index (κ2) is 8.79. The standard InChI is InChI=1S/C17H24N2O7/c1-4-11(8-15(22)24-5-2)16-12(25-10(3)20)9-14(26-16)19-7-6-13(21)18-17(19)23/h6-7,11-12,14,16H,4-5,8-9H2,1-3H3,(H,18,21,23)/t11?,12-,14+,16+/m0/s1. The molecule has 1 aromatic rings. The van der Waals surface area contributed by atoms with Crippen LogP contribution in [-0.2, 0) is 23.8 Å². The Morgan fingerprint density at radius 2 is 2.12 bits per heavy atom. The summed E-state index contributed by atoms with van der Waals surface area (Å²) < 4.78 is 17.6. The van der Waals surface area contributed by atoms with Crippen molar-refractivity contribution in [1.29, 1.82) is 0 Å². The lowest BCUT2D eigenvalue weighted by molar-refractivity contribution is -0.153. The lowest BCUT2D eigenvalue weighted by Crippen LogP contribution is -2.35. The lowest BCUT2D eigenvalue weighted by Gasteiger charge is -2.26. The van der Waals surface area contributed by atoms with Crippen molar-refractivity contribution in [3.8, 4) is 0 Å². The number of H-pyrrole nitrogens is 1. The molecule has 0 saturated carbocycles.